The second-order valence-electron chi connectivity index (χ2n) is 7.85. The van der Waals surface area contributed by atoms with Gasteiger partial charge in [-0.15, -0.1) is 0 Å². The lowest BCUT2D eigenvalue weighted by atomic mass is 10.0. The number of imidazole rings is 1. The summed E-state index contributed by atoms with van der Waals surface area (Å²) in [7, 11) is 3.74. The number of fused-ring (bicyclic) bond motifs is 1. The van der Waals surface area contributed by atoms with Crippen molar-refractivity contribution in [1.29, 1.82) is 0 Å². The van der Waals surface area contributed by atoms with E-state index in [9.17, 15) is 4.79 Å². The third-order valence-corrected chi connectivity index (χ3v) is 5.05. The van der Waals surface area contributed by atoms with Crippen LogP contribution in [0.25, 0.3) is 11.2 Å². The second-order valence-corrected chi connectivity index (χ2v) is 7.85. The number of benzene rings is 1. The van der Waals surface area contributed by atoms with Crippen LogP contribution in [0.5, 0.6) is 6.01 Å². The molecule has 3 rings (SSSR count). The summed E-state index contributed by atoms with van der Waals surface area (Å²) in [6.07, 6.45) is 3.94. The van der Waals surface area contributed by atoms with Crippen LogP contribution in [0, 0.1) is 0 Å². The maximum absolute atomic E-state index is 12.4. The fraction of sp³-hybridized carbons (Fsp3) is 0.542. The number of ether oxygens (including phenoxy) is 2. The molecule has 0 aliphatic rings. The molecule has 0 saturated carbocycles. The fourth-order valence-electron chi connectivity index (χ4n) is 3.25. The second kappa shape index (κ2) is 13.0. The Kier molecular flexibility index (Phi) is 10.4. The van der Waals surface area contributed by atoms with E-state index in [0.717, 1.165) is 18.5 Å². The van der Waals surface area contributed by atoms with Gasteiger partial charge in [0, 0.05) is 14.6 Å². The van der Waals surface area contributed by atoms with Crippen LogP contribution >= 0.6 is 0 Å². The lowest BCUT2D eigenvalue weighted by Gasteiger charge is -2.24. The summed E-state index contributed by atoms with van der Waals surface area (Å²) in [5.41, 5.74) is 3.18. The Balaban J connectivity index is 0.00000129. The molecule has 0 aliphatic carbocycles. The molecule has 0 bridgehead atoms. The van der Waals surface area contributed by atoms with Gasteiger partial charge in [0.05, 0.1) is 19.3 Å². The molecule has 1 aromatic carbocycles. The molecule has 1 unspecified atom stereocenters. The van der Waals surface area contributed by atoms with Gasteiger partial charge in [-0.05, 0) is 38.1 Å². The highest BCUT2D eigenvalue weighted by Crippen LogP contribution is 2.20. The molecule has 1 atom stereocenters. The van der Waals surface area contributed by atoms with E-state index < -0.39 is 0 Å². The lowest BCUT2D eigenvalue weighted by molar-refractivity contribution is 0.141. The molecule has 0 fully saturated rings. The maximum atomic E-state index is 12.4. The molecular weight excluding hydrogens is 406 g/mol. The van der Waals surface area contributed by atoms with Crippen LogP contribution in [0.2, 0.25) is 0 Å². The molecule has 32 heavy (non-hydrogen) atoms. The standard InChI is InChI=1S/C21H29N5O3.C3H8.H2/c1-5-10-25(3)15(2)17-8-6-16(7-9-17)14-26-19-18(23-21(26)27)13-22-20(24-19)29-12-11-28-4;1-3-2;/h6-9,13,15H,5,10-12,14H2,1-4H3,(H,23,27);3H2,1-2H3;1H. The Hall–Kier alpha value is -2.71. The molecule has 2 heterocycles. The Morgan fingerprint density at radius 1 is 1.19 bits per heavy atom. The first kappa shape index (κ1) is 25.5. The molecule has 0 saturated heterocycles. The highest BCUT2D eigenvalue weighted by molar-refractivity contribution is 5.69. The minimum absolute atomic E-state index is 0. The first-order valence-electron chi connectivity index (χ1n) is 11.3. The summed E-state index contributed by atoms with van der Waals surface area (Å²) in [5, 5.41) is 0. The molecule has 2 aromatic heterocycles. The van der Waals surface area contributed by atoms with Gasteiger partial charge in [0.1, 0.15) is 12.1 Å². The van der Waals surface area contributed by atoms with Gasteiger partial charge in [-0.3, -0.25) is 9.47 Å². The SMILES string of the molecule is CCC.CCCN(C)C(C)c1ccc(Cn2c(=O)[nH]c3cnc(OCCOC)nc32)cc1.[HH]. The van der Waals surface area contributed by atoms with Gasteiger partial charge in [0.2, 0.25) is 0 Å². The van der Waals surface area contributed by atoms with Crippen LogP contribution < -0.4 is 10.4 Å². The molecule has 0 radical (unpaired) electrons. The molecular formula is C24H39N5O3. The van der Waals surface area contributed by atoms with Crippen molar-refractivity contribution in [2.45, 2.75) is 53.1 Å². The van der Waals surface area contributed by atoms with E-state index in [4.69, 9.17) is 9.47 Å². The summed E-state index contributed by atoms with van der Waals surface area (Å²) >= 11 is 0. The Morgan fingerprint density at radius 3 is 2.50 bits per heavy atom. The Morgan fingerprint density at radius 2 is 1.88 bits per heavy atom. The van der Waals surface area contributed by atoms with Crippen LogP contribution in [0.4, 0.5) is 0 Å². The van der Waals surface area contributed by atoms with Gasteiger partial charge in [-0.2, -0.15) is 4.98 Å². The molecule has 178 valence electrons. The van der Waals surface area contributed by atoms with Gasteiger partial charge in [-0.25, -0.2) is 9.78 Å². The number of nitrogens with zero attached hydrogens (tertiary/aromatic N) is 4. The normalized spacial score (nSPS) is 12.0. The molecule has 3 aromatic rings. The molecule has 1 N–H and O–H groups in total. The summed E-state index contributed by atoms with van der Waals surface area (Å²) in [6.45, 7) is 10.9. The number of H-pyrrole nitrogens is 1. The zero-order valence-corrected chi connectivity index (χ0v) is 20.2. The molecule has 0 amide bonds. The van der Waals surface area contributed by atoms with Crippen molar-refractivity contribution in [3.05, 3.63) is 52.1 Å². The minimum atomic E-state index is -0.219. The largest absolute Gasteiger partial charge is 0.461 e. The van der Waals surface area contributed by atoms with Crippen molar-refractivity contribution in [3.63, 3.8) is 0 Å². The number of hydrogen-bond donors (Lipinski definition) is 1. The summed E-state index contributed by atoms with van der Waals surface area (Å²) < 4.78 is 12.0. The summed E-state index contributed by atoms with van der Waals surface area (Å²) in [4.78, 5) is 26.1. The Bertz CT molecular complexity index is 1000. The molecule has 8 nitrogen and oxygen atoms in total. The topological polar surface area (TPSA) is 85.3 Å². The first-order valence-corrected chi connectivity index (χ1v) is 11.3. The van der Waals surface area contributed by atoms with E-state index in [2.05, 4.69) is 78.9 Å². The van der Waals surface area contributed by atoms with Gasteiger partial charge in [0.25, 0.3) is 0 Å². The van der Waals surface area contributed by atoms with E-state index in [1.807, 2.05) is 0 Å². The van der Waals surface area contributed by atoms with Crippen molar-refractivity contribution in [3.8, 4) is 6.01 Å². The van der Waals surface area contributed by atoms with E-state index in [1.54, 1.807) is 17.9 Å². The number of aromatic nitrogens is 4. The van der Waals surface area contributed by atoms with E-state index in [1.165, 1.54) is 12.0 Å². The summed E-state index contributed by atoms with van der Waals surface area (Å²) in [5.74, 6) is 0. The predicted octanol–water partition coefficient (Wildman–Crippen LogP) is 4.26. The summed E-state index contributed by atoms with van der Waals surface area (Å²) in [6, 6.07) is 8.95. The van der Waals surface area contributed by atoms with Crippen molar-refractivity contribution in [1.82, 2.24) is 24.4 Å². The van der Waals surface area contributed by atoms with Crippen LogP contribution in [0.3, 0.4) is 0 Å². The monoisotopic (exact) mass is 445 g/mol. The van der Waals surface area contributed by atoms with Crippen molar-refractivity contribution < 1.29 is 10.9 Å². The predicted molar refractivity (Wildman–Crippen MR) is 130 cm³/mol. The van der Waals surface area contributed by atoms with Crippen molar-refractivity contribution >= 4 is 11.2 Å². The highest BCUT2D eigenvalue weighted by Gasteiger charge is 2.13. The maximum Gasteiger partial charge on any atom is 0.328 e. The highest BCUT2D eigenvalue weighted by atomic mass is 16.5. The van der Waals surface area contributed by atoms with Crippen LogP contribution in [0.15, 0.2) is 35.3 Å². The molecule has 8 heteroatoms. The number of nitrogens with one attached hydrogen (secondary N) is 1. The lowest BCUT2D eigenvalue weighted by Crippen LogP contribution is -2.23. The zero-order chi connectivity index (χ0) is 23.5. The Labute approximate surface area is 192 Å². The quantitative estimate of drug-likeness (QED) is 0.470. The van der Waals surface area contributed by atoms with Crippen LogP contribution in [-0.4, -0.2) is 58.3 Å². The van der Waals surface area contributed by atoms with Gasteiger partial charge in [-0.1, -0.05) is 51.5 Å². The number of methoxy groups -OCH3 is 1. The fourth-order valence-corrected chi connectivity index (χ4v) is 3.25. The average molecular weight is 446 g/mol. The van der Waals surface area contributed by atoms with E-state index in [0.29, 0.717) is 37.0 Å². The van der Waals surface area contributed by atoms with Crippen molar-refractivity contribution in [2.24, 2.45) is 0 Å². The third kappa shape index (κ3) is 6.90. The minimum Gasteiger partial charge on any atom is -0.461 e. The van der Waals surface area contributed by atoms with Crippen LogP contribution in [0.1, 0.15) is 59.1 Å². The molecule has 0 aliphatic heterocycles. The van der Waals surface area contributed by atoms with E-state index in [-0.39, 0.29) is 13.1 Å². The number of aromatic amines is 1. The number of hydrogen-bond acceptors (Lipinski definition) is 6. The first-order chi connectivity index (χ1) is 15.4. The van der Waals surface area contributed by atoms with Gasteiger partial charge < -0.3 is 14.5 Å². The van der Waals surface area contributed by atoms with Gasteiger partial charge >= 0.3 is 11.7 Å². The zero-order valence-electron chi connectivity index (χ0n) is 20.2. The third-order valence-electron chi connectivity index (χ3n) is 5.05. The number of rotatable bonds is 10. The smallest absolute Gasteiger partial charge is 0.328 e. The van der Waals surface area contributed by atoms with Gasteiger partial charge in [0.15, 0.2) is 5.65 Å². The van der Waals surface area contributed by atoms with Crippen LogP contribution in [-0.2, 0) is 11.3 Å². The van der Waals surface area contributed by atoms with Crippen molar-refractivity contribution in [2.75, 3.05) is 33.9 Å². The van der Waals surface area contributed by atoms with E-state index >= 15 is 0 Å². The average Bonchev–Trinajstić information content (AvgIpc) is 3.09. The molecule has 0 spiro atoms.